The average Bonchev–Trinajstić information content (AvgIpc) is 2.72. The minimum absolute atomic E-state index is 0.0486. The zero-order chi connectivity index (χ0) is 21.2. The SMILES string of the molecule is COC(C)(CCC(CNC(=O)C(OC(C)=O)c1ccccc1)(OC)OC)OC. The third-order valence-electron chi connectivity index (χ3n) is 4.72. The maximum Gasteiger partial charge on any atom is 0.303 e. The Morgan fingerprint density at radius 3 is 2.00 bits per heavy atom. The fraction of sp³-hybridized carbons (Fsp3) is 0.600. The number of rotatable bonds is 12. The summed E-state index contributed by atoms with van der Waals surface area (Å²) < 4.78 is 27.0. The first-order chi connectivity index (χ1) is 13.2. The molecule has 0 aliphatic carbocycles. The van der Waals surface area contributed by atoms with Gasteiger partial charge in [0.15, 0.2) is 11.6 Å². The van der Waals surface area contributed by atoms with E-state index in [0.29, 0.717) is 18.4 Å². The minimum atomic E-state index is -1.09. The van der Waals surface area contributed by atoms with Crippen LogP contribution in [0.5, 0.6) is 0 Å². The van der Waals surface area contributed by atoms with E-state index in [-0.39, 0.29) is 6.54 Å². The van der Waals surface area contributed by atoms with Crippen LogP contribution in [0.15, 0.2) is 30.3 Å². The standard InChI is InChI=1S/C20H31NO7/c1-15(22)28-17(16-10-8-7-9-11-16)18(23)21-14-20(26-5,27-6)13-12-19(2,24-3)25-4/h7-11,17H,12-14H2,1-6H3,(H,21,23). The summed E-state index contributed by atoms with van der Waals surface area (Å²) in [6.45, 7) is 3.11. The lowest BCUT2D eigenvalue weighted by Crippen LogP contribution is -2.48. The molecule has 0 saturated carbocycles. The normalized spacial score (nSPS) is 13.1. The molecule has 0 aliphatic rings. The maximum atomic E-state index is 12.7. The van der Waals surface area contributed by atoms with Crippen LogP contribution in [0.3, 0.4) is 0 Å². The monoisotopic (exact) mass is 397 g/mol. The lowest BCUT2D eigenvalue weighted by molar-refractivity contribution is -0.240. The summed E-state index contributed by atoms with van der Waals surface area (Å²) in [4.78, 5) is 24.2. The number of nitrogens with one attached hydrogen (secondary N) is 1. The number of hydrogen-bond donors (Lipinski definition) is 1. The third-order valence-corrected chi connectivity index (χ3v) is 4.72. The predicted molar refractivity (Wildman–Crippen MR) is 102 cm³/mol. The molecule has 158 valence electrons. The summed E-state index contributed by atoms with van der Waals surface area (Å²) in [7, 11) is 6.09. The Kier molecular flexibility index (Phi) is 9.54. The molecular weight excluding hydrogens is 366 g/mol. The fourth-order valence-corrected chi connectivity index (χ4v) is 2.61. The molecule has 0 spiro atoms. The number of methoxy groups -OCH3 is 4. The molecule has 1 N–H and O–H groups in total. The highest BCUT2D eigenvalue weighted by atomic mass is 16.7. The molecule has 0 heterocycles. The van der Waals surface area contributed by atoms with Crippen molar-refractivity contribution in [2.75, 3.05) is 35.0 Å². The molecule has 1 unspecified atom stereocenters. The van der Waals surface area contributed by atoms with Gasteiger partial charge in [-0.3, -0.25) is 9.59 Å². The van der Waals surface area contributed by atoms with Crippen LogP contribution in [0.25, 0.3) is 0 Å². The predicted octanol–water partition coefficient (Wildman–Crippen LogP) is 2.19. The van der Waals surface area contributed by atoms with E-state index in [2.05, 4.69) is 5.32 Å². The number of carbonyl (C=O) groups is 2. The largest absolute Gasteiger partial charge is 0.447 e. The van der Waals surface area contributed by atoms with E-state index >= 15 is 0 Å². The van der Waals surface area contributed by atoms with E-state index < -0.39 is 29.6 Å². The van der Waals surface area contributed by atoms with Gasteiger partial charge in [0.25, 0.3) is 5.91 Å². The summed E-state index contributed by atoms with van der Waals surface area (Å²) >= 11 is 0. The van der Waals surface area contributed by atoms with Crippen LogP contribution >= 0.6 is 0 Å². The fourth-order valence-electron chi connectivity index (χ4n) is 2.61. The second kappa shape index (κ2) is 11.1. The Balaban J connectivity index is 2.86. The molecule has 0 aliphatic heterocycles. The number of esters is 1. The summed E-state index contributed by atoms with van der Waals surface area (Å²) in [5.74, 6) is -2.92. The molecule has 1 amide bonds. The number of benzene rings is 1. The molecule has 1 atom stereocenters. The van der Waals surface area contributed by atoms with Crippen LogP contribution in [0, 0.1) is 0 Å². The van der Waals surface area contributed by atoms with Crippen LogP contribution in [0.4, 0.5) is 0 Å². The van der Waals surface area contributed by atoms with Gasteiger partial charge in [-0.25, -0.2) is 0 Å². The molecule has 0 radical (unpaired) electrons. The lowest BCUT2D eigenvalue weighted by Gasteiger charge is -2.35. The van der Waals surface area contributed by atoms with Crippen molar-refractivity contribution in [3.05, 3.63) is 35.9 Å². The van der Waals surface area contributed by atoms with E-state index in [4.69, 9.17) is 23.7 Å². The number of amides is 1. The van der Waals surface area contributed by atoms with E-state index in [1.807, 2.05) is 6.07 Å². The van der Waals surface area contributed by atoms with Gasteiger partial charge < -0.3 is 29.0 Å². The van der Waals surface area contributed by atoms with Gasteiger partial charge in [-0.1, -0.05) is 30.3 Å². The first-order valence-corrected chi connectivity index (χ1v) is 8.95. The van der Waals surface area contributed by atoms with Gasteiger partial charge in [0.05, 0.1) is 6.54 Å². The number of ether oxygens (including phenoxy) is 5. The van der Waals surface area contributed by atoms with Gasteiger partial charge in [-0.15, -0.1) is 0 Å². The van der Waals surface area contributed by atoms with E-state index in [9.17, 15) is 9.59 Å². The molecule has 1 rings (SSSR count). The maximum absolute atomic E-state index is 12.7. The van der Waals surface area contributed by atoms with Crippen LogP contribution < -0.4 is 5.32 Å². The summed E-state index contributed by atoms with van der Waals surface area (Å²) in [6.07, 6.45) is -0.209. The first-order valence-electron chi connectivity index (χ1n) is 8.95. The van der Waals surface area contributed by atoms with Crippen molar-refractivity contribution in [3.8, 4) is 0 Å². The highest BCUT2D eigenvalue weighted by Gasteiger charge is 2.36. The molecule has 0 fully saturated rings. The van der Waals surface area contributed by atoms with Crippen molar-refractivity contribution >= 4 is 11.9 Å². The Bertz CT molecular complexity index is 612. The molecule has 1 aromatic carbocycles. The van der Waals surface area contributed by atoms with Crippen molar-refractivity contribution in [2.24, 2.45) is 0 Å². The molecule has 8 nitrogen and oxygen atoms in total. The highest BCUT2D eigenvalue weighted by Crippen LogP contribution is 2.26. The second-order valence-corrected chi connectivity index (χ2v) is 6.48. The van der Waals surface area contributed by atoms with Gasteiger partial charge in [0.1, 0.15) is 0 Å². The van der Waals surface area contributed by atoms with E-state index in [1.165, 1.54) is 21.1 Å². The van der Waals surface area contributed by atoms with Crippen LogP contribution in [-0.4, -0.2) is 58.4 Å². The molecule has 0 aromatic heterocycles. The Morgan fingerprint density at radius 1 is 0.964 bits per heavy atom. The average molecular weight is 397 g/mol. The molecule has 8 heteroatoms. The molecular formula is C20H31NO7. The topological polar surface area (TPSA) is 92.3 Å². The van der Waals surface area contributed by atoms with Crippen molar-refractivity contribution in [1.29, 1.82) is 0 Å². The lowest BCUT2D eigenvalue weighted by atomic mass is 10.0. The van der Waals surface area contributed by atoms with Crippen LogP contribution in [-0.2, 0) is 33.3 Å². The van der Waals surface area contributed by atoms with Crippen LogP contribution in [0.1, 0.15) is 38.4 Å². The smallest absolute Gasteiger partial charge is 0.303 e. The molecule has 0 saturated heterocycles. The third kappa shape index (κ3) is 6.87. The number of carbonyl (C=O) groups excluding carboxylic acids is 2. The second-order valence-electron chi connectivity index (χ2n) is 6.48. The van der Waals surface area contributed by atoms with Gasteiger partial charge >= 0.3 is 5.97 Å². The van der Waals surface area contributed by atoms with Crippen LogP contribution in [0.2, 0.25) is 0 Å². The minimum Gasteiger partial charge on any atom is -0.447 e. The van der Waals surface area contributed by atoms with Crippen molar-refractivity contribution in [3.63, 3.8) is 0 Å². The van der Waals surface area contributed by atoms with Gasteiger partial charge in [0.2, 0.25) is 6.10 Å². The Labute approximate surface area is 166 Å². The van der Waals surface area contributed by atoms with Gasteiger partial charge in [-0.05, 0) is 6.92 Å². The van der Waals surface area contributed by atoms with Gasteiger partial charge in [0, 0.05) is 53.8 Å². The molecule has 0 bridgehead atoms. The Morgan fingerprint density at radius 2 is 1.54 bits per heavy atom. The van der Waals surface area contributed by atoms with Gasteiger partial charge in [-0.2, -0.15) is 0 Å². The quantitative estimate of drug-likeness (QED) is 0.427. The highest BCUT2D eigenvalue weighted by molar-refractivity contribution is 5.84. The molecule has 1 aromatic rings. The zero-order valence-corrected chi connectivity index (χ0v) is 17.4. The van der Waals surface area contributed by atoms with E-state index in [1.54, 1.807) is 45.4 Å². The summed E-state index contributed by atoms with van der Waals surface area (Å²) in [6, 6.07) is 8.79. The Hall–Kier alpha value is -2.00. The van der Waals surface area contributed by atoms with E-state index in [0.717, 1.165) is 0 Å². The summed E-state index contributed by atoms with van der Waals surface area (Å²) in [5, 5.41) is 2.75. The van der Waals surface area contributed by atoms with Crippen molar-refractivity contribution < 1.29 is 33.3 Å². The van der Waals surface area contributed by atoms with Crippen molar-refractivity contribution in [1.82, 2.24) is 5.32 Å². The molecule has 28 heavy (non-hydrogen) atoms. The van der Waals surface area contributed by atoms with Crippen molar-refractivity contribution in [2.45, 2.75) is 44.4 Å². The summed E-state index contributed by atoms with van der Waals surface area (Å²) in [5.41, 5.74) is 0.571. The zero-order valence-electron chi connectivity index (χ0n) is 17.4. The first kappa shape index (κ1) is 24.0. The number of hydrogen-bond acceptors (Lipinski definition) is 7.